The predicted octanol–water partition coefficient (Wildman–Crippen LogP) is 16.3. The number of thiophene rings is 1. The largest absolute Gasteiger partial charge is 0.310 e. The Morgan fingerprint density at radius 1 is 0.322 bits per heavy atom. The first-order valence-electron chi connectivity index (χ1n) is 20.2. The van der Waals surface area contributed by atoms with Gasteiger partial charge in [-0.2, -0.15) is 0 Å². The van der Waals surface area contributed by atoms with E-state index in [4.69, 9.17) is 0 Å². The minimum Gasteiger partial charge on any atom is -0.310 e. The molecule has 0 aliphatic rings. The molecule has 0 radical (unpaired) electrons. The van der Waals surface area contributed by atoms with E-state index in [1.165, 1.54) is 91.5 Å². The van der Waals surface area contributed by atoms with Crippen LogP contribution in [0.4, 0.5) is 17.1 Å². The number of benzene rings is 10. The highest BCUT2D eigenvalue weighted by atomic mass is 32.1. The molecule has 0 saturated carbocycles. The summed E-state index contributed by atoms with van der Waals surface area (Å²) in [6.07, 6.45) is 0. The molecule has 0 unspecified atom stereocenters. The van der Waals surface area contributed by atoms with Gasteiger partial charge in [-0.3, -0.25) is 0 Å². The van der Waals surface area contributed by atoms with Gasteiger partial charge in [-0.15, -0.1) is 11.3 Å². The van der Waals surface area contributed by atoms with Crippen LogP contribution >= 0.6 is 11.3 Å². The fourth-order valence-corrected chi connectivity index (χ4v) is 10.2. The molecule has 59 heavy (non-hydrogen) atoms. The number of para-hydroxylation sites is 1. The Hall–Kier alpha value is -7.46. The Morgan fingerprint density at radius 2 is 0.932 bits per heavy atom. The van der Waals surface area contributed by atoms with Crippen LogP contribution in [0.15, 0.2) is 218 Å². The van der Waals surface area contributed by atoms with E-state index in [-0.39, 0.29) is 0 Å². The molecule has 0 N–H and O–H groups in total. The first kappa shape index (κ1) is 33.7. The summed E-state index contributed by atoms with van der Waals surface area (Å²) in [4.78, 5) is 2.40. The highest BCUT2D eigenvalue weighted by Gasteiger charge is 2.18. The van der Waals surface area contributed by atoms with Crippen LogP contribution in [-0.4, -0.2) is 4.57 Å². The topological polar surface area (TPSA) is 8.17 Å². The van der Waals surface area contributed by atoms with Gasteiger partial charge in [0.15, 0.2) is 0 Å². The molecule has 2 nitrogen and oxygen atoms in total. The summed E-state index contributed by atoms with van der Waals surface area (Å²) >= 11 is 1.87. The molecular weight excluding hydrogens is 733 g/mol. The molecular formula is C56H36N2S. The highest BCUT2D eigenvalue weighted by Crippen LogP contribution is 2.42. The summed E-state index contributed by atoms with van der Waals surface area (Å²) in [5, 5.41) is 10.1. The first-order chi connectivity index (χ1) is 29.2. The lowest BCUT2D eigenvalue weighted by Gasteiger charge is -2.27. The van der Waals surface area contributed by atoms with E-state index in [9.17, 15) is 0 Å². The van der Waals surface area contributed by atoms with Gasteiger partial charge in [0.2, 0.25) is 0 Å². The third-order valence-electron chi connectivity index (χ3n) is 11.9. The third kappa shape index (κ3) is 5.62. The second kappa shape index (κ2) is 13.6. The molecule has 2 aromatic heterocycles. The van der Waals surface area contributed by atoms with Crippen molar-refractivity contribution < 1.29 is 0 Å². The lowest BCUT2D eigenvalue weighted by molar-refractivity contribution is 1.19. The van der Waals surface area contributed by atoms with Crippen molar-refractivity contribution in [3.63, 3.8) is 0 Å². The van der Waals surface area contributed by atoms with E-state index in [1.54, 1.807) is 0 Å². The SMILES string of the molecule is c1cc(-c2ccc(-c3ccc4c5ccccc5n(-c5ccc6c(c5)sc5ccccc56)c4c3)cc2)cc(N(c2ccc3ccccc3c2)c2cccc3ccccc23)c1. The Bertz CT molecular complexity index is 3570. The Labute approximate surface area is 346 Å². The second-order valence-electron chi connectivity index (χ2n) is 15.4. The zero-order chi connectivity index (χ0) is 38.9. The number of fused-ring (bicyclic) bond motifs is 8. The van der Waals surface area contributed by atoms with Crippen LogP contribution in [0.5, 0.6) is 0 Å². The zero-order valence-corrected chi connectivity index (χ0v) is 32.9. The molecule has 0 atom stereocenters. The van der Waals surface area contributed by atoms with Crippen LogP contribution in [0, 0.1) is 0 Å². The maximum absolute atomic E-state index is 2.44. The summed E-state index contributed by atoms with van der Waals surface area (Å²) in [5.74, 6) is 0. The number of aromatic nitrogens is 1. The van der Waals surface area contributed by atoms with Crippen LogP contribution in [0.25, 0.3) is 91.5 Å². The summed E-state index contributed by atoms with van der Waals surface area (Å²) in [6.45, 7) is 0. The standard InChI is InChI=1S/C56H36N2S/c1-2-13-41-34-45(29-27-37(41)11-1)57(52-21-10-14-40-12-3-4-17-47(40)52)44-16-9-15-42(33-44)38-23-25-39(26-24-38)43-28-31-49-48-18-5-7-20-53(48)58(54(49)35-43)46-30-32-51-50-19-6-8-22-55(50)59-56(51)36-46/h1-36H. The minimum atomic E-state index is 1.12. The second-order valence-corrected chi connectivity index (χ2v) is 16.4. The van der Waals surface area contributed by atoms with Crippen molar-refractivity contribution in [2.75, 3.05) is 4.90 Å². The zero-order valence-electron chi connectivity index (χ0n) is 32.1. The van der Waals surface area contributed by atoms with Crippen LogP contribution < -0.4 is 4.90 Å². The third-order valence-corrected chi connectivity index (χ3v) is 13.1. The number of anilines is 3. The average molecular weight is 769 g/mol. The first-order valence-corrected chi connectivity index (χ1v) is 21.0. The van der Waals surface area contributed by atoms with Crippen molar-refractivity contribution >= 4 is 91.9 Å². The van der Waals surface area contributed by atoms with Gasteiger partial charge in [0.25, 0.3) is 0 Å². The molecule has 0 fully saturated rings. The highest BCUT2D eigenvalue weighted by molar-refractivity contribution is 7.25. The van der Waals surface area contributed by atoms with E-state index < -0.39 is 0 Å². The maximum atomic E-state index is 2.44. The summed E-state index contributed by atoms with van der Waals surface area (Å²) in [7, 11) is 0. The van der Waals surface area contributed by atoms with Gasteiger partial charge in [0.05, 0.1) is 16.7 Å². The van der Waals surface area contributed by atoms with Gasteiger partial charge >= 0.3 is 0 Å². The monoisotopic (exact) mass is 768 g/mol. The Morgan fingerprint density at radius 3 is 1.80 bits per heavy atom. The summed E-state index contributed by atoms with van der Waals surface area (Å²) in [6, 6.07) is 80.0. The van der Waals surface area contributed by atoms with Crippen LogP contribution in [0.2, 0.25) is 0 Å². The van der Waals surface area contributed by atoms with Gasteiger partial charge < -0.3 is 9.47 Å². The van der Waals surface area contributed by atoms with Crippen molar-refractivity contribution in [2.24, 2.45) is 0 Å². The molecule has 0 aliphatic heterocycles. The molecule has 0 aliphatic carbocycles. The maximum Gasteiger partial charge on any atom is 0.0547 e. The van der Waals surface area contributed by atoms with Crippen LogP contribution in [0.3, 0.4) is 0 Å². The summed E-state index contributed by atoms with van der Waals surface area (Å²) in [5.41, 5.74) is 11.8. The van der Waals surface area contributed by atoms with E-state index in [0.29, 0.717) is 0 Å². The van der Waals surface area contributed by atoms with E-state index >= 15 is 0 Å². The molecule has 12 rings (SSSR count). The van der Waals surface area contributed by atoms with Crippen LogP contribution in [-0.2, 0) is 0 Å². The van der Waals surface area contributed by atoms with Crippen molar-refractivity contribution in [2.45, 2.75) is 0 Å². The number of hydrogen-bond donors (Lipinski definition) is 0. The molecule has 276 valence electrons. The lowest BCUT2D eigenvalue weighted by Crippen LogP contribution is -2.10. The number of rotatable bonds is 6. The molecule has 0 saturated heterocycles. The van der Waals surface area contributed by atoms with Crippen molar-refractivity contribution in [1.29, 1.82) is 0 Å². The number of nitrogens with zero attached hydrogens (tertiary/aromatic N) is 2. The molecule has 0 spiro atoms. The number of hydrogen-bond acceptors (Lipinski definition) is 2. The molecule has 0 bridgehead atoms. The van der Waals surface area contributed by atoms with E-state index in [0.717, 1.165) is 17.1 Å². The van der Waals surface area contributed by atoms with E-state index in [1.807, 2.05) is 11.3 Å². The quantitative estimate of drug-likeness (QED) is 0.164. The van der Waals surface area contributed by atoms with Gasteiger partial charge in [0, 0.05) is 53.4 Å². The average Bonchev–Trinajstić information content (AvgIpc) is 3.84. The lowest BCUT2D eigenvalue weighted by atomic mass is 9.98. The molecule has 3 heteroatoms. The van der Waals surface area contributed by atoms with Gasteiger partial charge in [0.1, 0.15) is 0 Å². The van der Waals surface area contributed by atoms with Crippen molar-refractivity contribution in [3.8, 4) is 27.9 Å². The van der Waals surface area contributed by atoms with Crippen molar-refractivity contribution in [3.05, 3.63) is 218 Å². The normalized spacial score (nSPS) is 11.7. The Balaban J connectivity index is 0.938. The van der Waals surface area contributed by atoms with Gasteiger partial charge in [-0.25, -0.2) is 0 Å². The Kier molecular flexibility index (Phi) is 7.75. The summed E-state index contributed by atoms with van der Waals surface area (Å²) < 4.78 is 5.07. The van der Waals surface area contributed by atoms with Gasteiger partial charge in [-0.1, -0.05) is 158 Å². The molecule has 12 aromatic rings. The smallest absolute Gasteiger partial charge is 0.0547 e. The minimum absolute atomic E-state index is 1.12. The van der Waals surface area contributed by atoms with E-state index in [2.05, 4.69) is 228 Å². The fourth-order valence-electron chi connectivity index (χ4n) is 9.11. The predicted molar refractivity (Wildman–Crippen MR) is 254 cm³/mol. The van der Waals surface area contributed by atoms with Gasteiger partial charge in [-0.05, 0) is 99.1 Å². The van der Waals surface area contributed by atoms with Crippen LogP contribution in [0.1, 0.15) is 0 Å². The molecule has 10 aromatic carbocycles. The molecule has 0 amide bonds. The fraction of sp³-hybridized carbons (Fsp3) is 0. The van der Waals surface area contributed by atoms with Crippen molar-refractivity contribution in [1.82, 2.24) is 4.57 Å². The molecule has 2 heterocycles.